The van der Waals surface area contributed by atoms with Crippen molar-refractivity contribution in [2.75, 3.05) is 0 Å². The van der Waals surface area contributed by atoms with Gasteiger partial charge in [-0.3, -0.25) is 21.6 Å². The van der Waals surface area contributed by atoms with Crippen LogP contribution in [0.4, 0.5) is 0 Å². The lowest BCUT2D eigenvalue weighted by molar-refractivity contribution is -0.142. The summed E-state index contributed by atoms with van der Waals surface area (Å²) in [6.45, 7) is 0. The maximum atomic E-state index is 10.8. The molecule has 0 aliphatic carbocycles. The molecule has 22 heavy (non-hydrogen) atoms. The summed E-state index contributed by atoms with van der Waals surface area (Å²) in [6.07, 6.45) is -1.43. The molecule has 0 aliphatic heterocycles. The normalized spacial score (nSPS) is 20.0. The summed E-state index contributed by atoms with van der Waals surface area (Å²) in [5.74, 6) is -4.77. The number of aliphatic carboxylic acids is 1. The molecule has 0 heterocycles. The minimum absolute atomic E-state index is 0.237. The first-order valence-electron chi connectivity index (χ1n) is 4.46. The maximum absolute atomic E-state index is 10.8. The number of nitrogens with zero attached hydrogens (tertiary/aromatic N) is 1. The van der Waals surface area contributed by atoms with Crippen LogP contribution in [0, 0.1) is 0 Å². The third-order valence-corrected chi connectivity index (χ3v) is 3.30. The molecule has 0 saturated carbocycles. The molecular formula is C3H7N5O10S4-4. The van der Waals surface area contributed by atoms with Gasteiger partial charge in [0.05, 0.1) is 6.42 Å². The van der Waals surface area contributed by atoms with Gasteiger partial charge < -0.3 is 23.3 Å². The lowest BCUT2D eigenvalue weighted by Gasteiger charge is -2.44. The third-order valence-electron chi connectivity index (χ3n) is 1.62. The lowest BCUT2D eigenvalue weighted by atomic mass is 10.3. The Kier molecular flexibility index (Phi) is 9.63. The van der Waals surface area contributed by atoms with Crippen LogP contribution in [0.1, 0.15) is 6.42 Å². The molecule has 0 saturated heterocycles. The summed E-state index contributed by atoms with van der Waals surface area (Å²) in [5.41, 5.74) is 0. The second-order valence-electron chi connectivity index (χ2n) is 3.09. The number of carboxylic acid groups (broad SMARTS) is 1. The zero-order valence-electron chi connectivity index (χ0n) is 9.91. The fraction of sp³-hybridized carbons (Fsp3) is 0.667. The molecule has 5 N–H and O–H groups in total. The highest BCUT2D eigenvalue weighted by Gasteiger charge is 2.41. The molecule has 0 fully saturated rings. The van der Waals surface area contributed by atoms with E-state index in [1.807, 2.05) is 0 Å². The predicted octanol–water partition coefficient (Wildman–Crippen LogP) is -5.22. The first-order chi connectivity index (χ1) is 9.98. The largest absolute Gasteiger partial charge is 0.760 e. The second-order valence-corrected chi connectivity index (χ2v) is 5.74. The van der Waals surface area contributed by atoms with Gasteiger partial charge in [0, 0.05) is 45.1 Å². The molecule has 0 aliphatic rings. The minimum atomic E-state index is -3.34. The molecule has 0 aromatic rings. The zero-order chi connectivity index (χ0) is 17.5. The van der Waals surface area contributed by atoms with Crippen LogP contribution in [0.3, 0.4) is 0 Å². The summed E-state index contributed by atoms with van der Waals surface area (Å²) >= 11 is -13.3. The van der Waals surface area contributed by atoms with Crippen molar-refractivity contribution in [2.45, 2.75) is 12.2 Å². The summed E-state index contributed by atoms with van der Waals surface area (Å²) in [6, 6.07) is 0. The van der Waals surface area contributed by atoms with E-state index in [-0.39, 0.29) is 5.12 Å². The van der Waals surface area contributed by atoms with Crippen molar-refractivity contribution in [1.29, 1.82) is 0 Å². The van der Waals surface area contributed by atoms with Gasteiger partial charge in [-0.1, -0.05) is 0 Å². The second kappa shape index (κ2) is 9.76. The zero-order valence-corrected chi connectivity index (χ0v) is 13.2. The van der Waals surface area contributed by atoms with Crippen LogP contribution in [-0.2, 0) is 49.9 Å². The lowest BCUT2D eigenvalue weighted by Crippen LogP contribution is -2.75. The highest BCUT2D eigenvalue weighted by atomic mass is 32.2. The quantitative estimate of drug-likeness (QED) is 0.124. The van der Waals surface area contributed by atoms with Crippen molar-refractivity contribution in [1.82, 2.24) is 24.2 Å². The number of carboxylic acids is 1. The molecule has 0 spiro atoms. The summed E-state index contributed by atoms with van der Waals surface area (Å²) in [5, 5.41) is 8.48. The van der Waals surface area contributed by atoms with Gasteiger partial charge >= 0.3 is 5.97 Å². The van der Waals surface area contributed by atoms with Gasteiger partial charge in [-0.15, -0.1) is 5.12 Å². The van der Waals surface area contributed by atoms with Gasteiger partial charge in [-0.25, -0.2) is 9.44 Å². The third kappa shape index (κ3) is 8.37. The molecule has 15 nitrogen and oxygen atoms in total. The van der Waals surface area contributed by atoms with Crippen molar-refractivity contribution in [3.63, 3.8) is 0 Å². The smallest absolute Gasteiger partial charge is 0.308 e. The average molecular weight is 401 g/mol. The van der Waals surface area contributed by atoms with E-state index < -0.39 is 63.2 Å². The molecule has 4 unspecified atom stereocenters. The van der Waals surface area contributed by atoms with Crippen molar-refractivity contribution in [2.24, 2.45) is 0 Å². The summed E-state index contributed by atoms with van der Waals surface area (Å²) in [7, 11) is 0. The number of hydrogen-bond donors (Lipinski definition) is 5. The Bertz CT molecular complexity index is 442. The Morgan fingerprint density at radius 1 is 0.909 bits per heavy atom. The van der Waals surface area contributed by atoms with Crippen molar-refractivity contribution < 1.29 is 44.9 Å². The van der Waals surface area contributed by atoms with Crippen molar-refractivity contribution in [3.05, 3.63) is 0 Å². The molecular weight excluding hydrogens is 394 g/mol. The van der Waals surface area contributed by atoms with Gasteiger partial charge in [0.1, 0.15) is 0 Å². The monoisotopic (exact) mass is 401 g/mol. The number of carbonyl (C=O) groups is 1. The first kappa shape index (κ1) is 21.7. The van der Waals surface area contributed by atoms with E-state index in [0.717, 1.165) is 0 Å². The molecule has 0 aromatic heterocycles. The standard InChI is InChI=1S/C3H11N5O10S4/c9-2(10)1-3(4-19(11)12,5-20(13)14)8(6-21(15)16)7-22(17)18/h4-7H,1H2,(H,9,10)(H,11,12)(H,13,14)(H,15,16)(H,17,18)/p-4. The van der Waals surface area contributed by atoms with Crippen LogP contribution < -0.4 is 19.1 Å². The van der Waals surface area contributed by atoms with Gasteiger partial charge in [0.15, 0.2) is 5.79 Å². The van der Waals surface area contributed by atoms with Crippen molar-refractivity contribution in [3.8, 4) is 0 Å². The van der Waals surface area contributed by atoms with Crippen LogP contribution >= 0.6 is 0 Å². The van der Waals surface area contributed by atoms with Crippen LogP contribution in [-0.4, -0.2) is 57.0 Å². The number of nitrogens with one attached hydrogen (secondary N) is 4. The number of hydrazine groups is 2. The number of hydrogen-bond acceptors (Lipinski definition) is 10. The van der Waals surface area contributed by atoms with Gasteiger partial charge in [-0.2, -0.15) is 9.66 Å². The van der Waals surface area contributed by atoms with E-state index >= 15 is 0 Å². The van der Waals surface area contributed by atoms with E-state index in [1.54, 1.807) is 0 Å². The maximum Gasteiger partial charge on any atom is 0.308 e. The Morgan fingerprint density at radius 3 is 1.50 bits per heavy atom. The van der Waals surface area contributed by atoms with E-state index in [1.165, 1.54) is 19.1 Å². The van der Waals surface area contributed by atoms with E-state index in [4.69, 9.17) is 5.11 Å². The molecule has 0 bridgehead atoms. The van der Waals surface area contributed by atoms with Crippen LogP contribution in [0.5, 0.6) is 0 Å². The van der Waals surface area contributed by atoms with Crippen molar-refractivity contribution >= 4 is 51.0 Å². The fourth-order valence-corrected chi connectivity index (χ4v) is 2.89. The fourth-order valence-electron chi connectivity index (χ4n) is 1.08. The minimum Gasteiger partial charge on any atom is -0.760 e. The molecule has 0 rings (SSSR count). The molecule has 0 aromatic carbocycles. The van der Waals surface area contributed by atoms with Crippen LogP contribution in [0.2, 0.25) is 0 Å². The van der Waals surface area contributed by atoms with E-state index in [0.29, 0.717) is 0 Å². The highest BCUT2D eigenvalue weighted by molar-refractivity contribution is 7.78. The molecule has 19 heteroatoms. The Morgan fingerprint density at radius 2 is 1.27 bits per heavy atom. The van der Waals surface area contributed by atoms with Gasteiger partial charge in [-0.05, 0) is 0 Å². The molecule has 0 amide bonds. The average Bonchev–Trinajstić information content (AvgIpc) is 2.23. The molecule has 0 radical (unpaired) electrons. The van der Waals surface area contributed by atoms with E-state index in [9.17, 15) is 39.8 Å². The number of rotatable bonds is 11. The van der Waals surface area contributed by atoms with Crippen LogP contribution in [0.15, 0.2) is 0 Å². The topological polar surface area (TPSA) is 249 Å². The van der Waals surface area contributed by atoms with Gasteiger partial charge in [0.25, 0.3) is 0 Å². The summed E-state index contributed by atoms with van der Waals surface area (Å²) in [4.78, 5) is 13.3. The Labute approximate surface area is 132 Å². The van der Waals surface area contributed by atoms with Crippen LogP contribution in [0.25, 0.3) is 0 Å². The van der Waals surface area contributed by atoms with E-state index in [2.05, 4.69) is 0 Å². The highest BCUT2D eigenvalue weighted by Crippen LogP contribution is 2.12. The Hall–Kier alpha value is -0.290. The van der Waals surface area contributed by atoms with Gasteiger partial charge in [0.2, 0.25) is 0 Å². The molecule has 4 atom stereocenters. The Balaban J connectivity index is 5.89. The first-order valence-corrected chi connectivity index (χ1v) is 8.76. The SMILES string of the molecule is O=C(O)CC(NS(=O)[O-])(NS(=O)[O-])N(NS(=O)[O-])NS(=O)[O-]. The predicted molar refractivity (Wildman–Crippen MR) is 65.0 cm³/mol. The molecule has 132 valence electrons. The summed E-state index contributed by atoms with van der Waals surface area (Å²) < 4.78 is 87.9.